The van der Waals surface area contributed by atoms with Crippen LogP contribution in [0.4, 0.5) is 0 Å². The summed E-state index contributed by atoms with van der Waals surface area (Å²) in [5.41, 5.74) is 2.51. The lowest BCUT2D eigenvalue weighted by Crippen LogP contribution is -2.50. The Kier molecular flexibility index (Phi) is 5.83. The molecule has 2 fully saturated rings. The summed E-state index contributed by atoms with van der Waals surface area (Å²) in [7, 11) is 0. The van der Waals surface area contributed by atoms with Crippen molar-refractivity contribution in [3.63, 3.8) is 0 Å². The third kappa shape index (κ3) is 3.43. The van der Waals surface area contributed by atoms with Gasteiger partial charge >= 0.3 is 5.97 Å². The van der Waals surface area contributed by atoms with Gasteiger partial charge in [0.2, 0.25) is 0 Å². The van der Waals surface area contributed by atoms with E-state index < -0.39 is 5.97 Å². The van der Waals surface area contributed by atoms with Gasteiger partial charge in [0.25, 0.3) is 0 Å². The highest BCUT2D eigenvalue weighted by molar-refractivity contribution is 5.86. The van der Waals surface area contributed by atoms with Crippen LogP contribution in [0.5, 0.6) is 0 Å². The zero-order valence-corrected chi connectivity index (χ0v) is 19.8. The zero-order valence-electron chi connectivity index (χ0n) is 19.8. The molecule has 0 aliphatic heterocycles. The van der Waals surface area contributed by atoms with Crippen molar-refractivity contribution < 1.29 is 9.90 Å². The van der Waals surface area contributed by atoms with E-state index in [1.54, 1.807) is 6.92 Å². The van der Waals surface area contributed by atoms with Gasteiger partial charge in [-0.3, -0.25) is 0 Å². The highest BCUT2D eigenvalue weighted by Crippen LogP contribution is 2.66. The Morgan fingerprint density at radius 1 is 1.07 bits per heavy atom. The van der Waals surface area contributed by atoms with Gasteiger partial charge in [0.15, 0.2) is 0 Å². The number of carbonyl (C=O) groups is 1. The predicted octanol–water partition coefficient (Wildman–Crippen LogP) is 7.42. The van der Waals surface area contributed by atoms with Gasteiger partial charge in [0.05, 0.1) is 0 Å². The number of allylic oxidation sites excluding steroid dienone is 5. The third-order valence-corrected chi connectivity index (χ3v) is 10.4. The molecule has 0 radical (unpaired) electrons. The standard InChI is InChI=1S/C28H42O2/c1-18(20(3)26(29)30)9-10-19(2)23-13-14-24-22-12-11-21-8-6-7-16-27(21,4)25(22)15-17-28(23,24)5/h6-7,11-12,19,21-25H,8-10,13-17H2,1-5H3,(H,29,30)/b20-18-/t19-,21?,22+,23-,24+,25+,27+,28-/m1/s1. The van der Waals surface area contributed by atoms with E-state index in [4.69, 9.17) is 0 Å². The molecular weight excluding hydrogens is 368 g/mol. The minimum atomic E-state index is -0.764. The highest BCUT2D eigenvalue weighted by Gasteiger charge is 2.58. The molecule has 0 saturated heterocycles. The second-order valence-electron chi connectivity index (χ2n) is 11.7. The largest absolute Gasteiger partial charge is 0.478 e. The molecule has 1 unspecified atom stereocenters. The zero-order chi connectivity index (χ0) is 21.7. The summed E-state index contributed by atoms with van der Waals surface area (Å²) in [5, 5.41) is 9.27. The number of fused-ring (bicyclic) bond motifs is 5. The van der Waals surface area contributed by atoms with Crippen LogP contribution >= 0.6 is 0 Å². The average molecular weight is 411 g/mol. The highest BCUT2D eigenvalue weighted by atomic mass is 16.4. The first-order valence-corrected chi connectivity index (χ1v) is 12.4. The van der Waals surface area contributed by atoms with Gasteiger partial charge in [-0.2, -0.15) is 0 Å². The minimum Gasteiger partial charge on any atom is -0.478 e. The minimum absolute atomic E-state index is 0.456. The van der Waals surface area contributed by atoms with Crippen molar-refractivity contribution in [2.45, 2.75) is 86.0 Å². The first kappa shape index (κ1) is 21.9. The molecule has 30 heavy (non-hydrogen) atoms. The number of carboxylic acid groups (broad SMARTS) is 1. The van der Waals surface area contributed by atoms with Gasteiger partial charge in [-0.05, 0) is 112 Å². The van der Waals surface area contributed by atoms with E-state index in [9.17, 15) is 9.90 Å². The summed E-state index contributed by atoms with van der Waals surface area (Å²) in [6.45, 7) is 11.4. The van der Waals surface area contributed by atoms with Crippen molar-refractivity contribution in [1.29, 1.82) is 0 Å². The van der Waals surface area contributed by atoms with Crippen LogP contribution in [0.15, 0.2) is 35.5 Å². The van der Waals surface area contributed by atoms with E-state index in [2.05, 4.69) is 45.1 Å². The SMILES string of the molecule is C/C(CC[C@@H](C)[C@H]1CC[C@H]2[C@@H]3C=CC4CC=CC[C@]4(C)[C@H]3CC[C@]12C)=C(\C)C(=O)O. The van der Waals surface area contributed by atoms with Crippen molar-refractivity contribution >= 4 is 5.97 Å². The molecule has 0 amide bonds. The molecule has 4 aliphatic carbocycles. The van der Waals surface area contributed by atoms with Crippen LogP contribution in [-0.4, -0.2) is 11.1 Å². The monoisotopic (exact) mass is 410 g/mol. The van der Waals surface area contributed by atoms with Crippen LogP contribution in [0.1, 0.15) is 86.0 Å². The van der Waals surface area contributed by atoms with Crippen LogP contribution in [0.2, 0.25) is 0 Å². The van der Waals surface area contributed by atoms with Crippen LogP contribution in [-0.2, 0) is 4.79 Å². The predicted molar refractivity (Wildman–Crippen MR) is 124 cm³/mol. The Balaban J connectivity index is 1.49. The van der Waals surface area contributed by atoms with Gasteiger partial charge < -0.3 is 5.11 Å². The third-order valence-electron chi connectivity index (χ3n) is 10.4. The molecule has 2 heteroatoms. The number of aliphatic carboxylic acids is 1. The van der Waals surface area contributed by atoms with Crippen molar-refractivity contribution in [2.75, 3.05) is 0 Å². The summed E-state index contributed by atoms with van der Waals surface area (Å²) >= 11 is 0. The van der Waals surface area contributed by atoms with Gasteiger partial charge in [-0.25, -0.2) is 4.79 Å². The molecule has 166 valence electrons. The maximum Gasteiger partial charge on any atom is 0.331 e. The summed E-state index contributed by atoms with van der Waals surface area (Å²) in [6, 6.07) is 0. The summed E-state index contributed by atoms with van der Waals surface area (Å²) in [4.78, 5) is 11.3. The van der Waals surface area contributed by atoms with Gasteiger partial charge in [0.1, 0.15) is 0 Å². The van der Waals surface area contributed by atoms with Crippen LogP contribution in [0, 0.1) is 46.3 Å². The average Bonchev–Trinajstić information content (AvgIpc) is 3.07. The summed E-state index contributed by atoms with van der Waals surface area (Å²) < 4.78 is 0. The first-order valence-electron chi connectivity index (χ1n) is 12.4. The van der Waals surface area contributed by atoms with E-state index >= 15 is 0 Å². The quantitative estimate of drug-likeness (QED) is 0.378. The van der Waals surface area contributed by atoms with Crippen molar-refractivity contribution in [3.8, 4) is 0 Å². The Morgan fingerprint density at radius 3 is 2.53 bits per heavy atom. The molecule has 4 rings (SSSR count). The molecule has 2 nitrogen and oxygen atoms in total. The lowest BCUT2D eigenvalue weighted by molar-refractivity contribution is -0.132. The van der Waals surface area contributed by atoms with E-state index in [1.165, 1.54) is 38.5 Å². The number of hydrogen-bond acceptors (Lipinski definition) is 1. The fourth-order valence-corrected chi connectivity index (χ4v) is 8.21. The fraction of sp³-hybridized carbons (Fsp3) is 0.750. The number of rotatable bonds is 5. The molecule has 0 aromatic rings. The van der Waals surface area contributed by atoms with E-state index in [0.717, 1.165) is 48.0 Å². The van der Waals surface area contributed by atoms with Gasteiger partial charge in [-0.15, -0.1) is 0 Å². The molecule has 4 aliphatic rings. The van der Waals surface area contributed by atoms with Gasteiger partial charge in [0, 0.05) is 5.57 Å². The normalized spacial score (nSPS) is 44.0. The van der Waals surface area contributed by atoms with E-state index in [0.29, 0.717) is 22.3 Å². The Hall–Kier alpha value is -1.31. The number of hydrogen-bond donors (Lipinski definition) is 1. The van der Waals surface area contributed by atoms with Crippen molar-refractivity contribution in [2.24, 2.45) is 46.3 Å². The van der Waals surface area contributed by atoms with Crippen LogP contribution < -0.4 is 0 Å². The summed E-state index contributed by atoms with van der Waals surface area (Å²) in [5.74, 6) is 3.89. The molecule has 1 N–H and O–H groups in total. The van der Waals surface area contributed by atoms with E-state index in [-0.39, 0.29) is 0 Å². The van der Waals surface area contributed by atoms with Crippen LogP contribution in [0.25, 0.3) is 0 Å². The molecule has 2 saturated carbocycles. The van der Waals surface area contributed by atoms with Crippen molar-refractivity contribution in [3.05, 3.63) is 35.5 Å². The van der Waals surface area contributed by atoms with Crippen LogP contribution in [0.3, 0.4) is 0 Å². The molecule has 0 heterocycles. The molecular formula is C28H42O2. The molecule has 0 bridgehead atoms. The lowest BCUT2D eigenvalue weighted by Gasteiger charge is -2.58. The second-order valence-corrected chi connectivity index (χ2v) is 11.7. The molecule has 0 spiro atoms. The molecule has 0 aromatic carbocycles. The lowest BCUT2D eigenvalue weighted by atomic mass is 9.47. The molecule has 8 atom stereocenters. The van der Waals surface area contributed by atoms with Gasteiger partial charge in [-0.1, -0.05) is 50.6 Å². The number of carboxylic acids is 1. The fourth-order valence-electron chi connectivity index (χ4n) is 8.21. The topological polar surface area (TPSA) is 37.3 Å². The maximum absolute atomic E-state index is 11.3. The Morgan fingerprint density at radius 2 is 1.80 bits per heavy atom. The second kappa shape index (κ2) is 7.99. The summed E-state index contributed by atoms with van der Waals surface area (Å²) in [6.07, 6.45) is 20.2. The Bertz CT molecular complexity index is 774. The molecule has 0 aromatic heterocycles. The van der Waals surface area contributed by atoms with Crippen molar-refractivity contribution in [1.82, 2.24) is 0 Å². The van der Waals surface area contributed by atoms with E-state index in [1.807, 2.05) is 6.92 Å². The Labute approximate surface area is 183 Å². The maximum atomic E-state index is 11.3. The first-order chi connectivity index (χ1) is 14.2. The smallest absolute Gasteiger partial charge is 0.331 e.